The fourth-order valence-corrected chi connectivity index (χ4v) is 3.43. The van der Waals surface area contributed by atoms with E-state index < -0.39 is 0 Å². The van der Waals surface area contributed by atoms with Crippen LogP contribution in [0.1, 0.15) is 35.4 Å². The summed E-state index contributed by atoms with van der Waals surface area (Å²) in [6, 6.07) is 12.7. The fraction of sp³-hybridized carbons (Fsp3) is 0.150. The number of hydrogen-bond donors (Lipinski definition) is 2. The van der Waals surface area contributed by atoms with Crippen LogP contribution in [0.25, 0.3) is 0 Å². The molecule has 1 amide bonds. The minimum Gasteiger partial charge on any atom is -0.438 e. The number of aromatic amines is 1. The largest absolute Gasteiger partial charge is 0.438 e. The van der Waals surface area contributed by atoms with Crippen LogP contribution in [0.3, 0.4) is 0 Å². The molecule has 1 aliphatic rings. The Kier molecular flexibility index (Phi) is 4.20. The highest BCUT2D eigenvalue weighted by molar-refractivity contribution is 6.30. The lowest BCUT2D eigenvalue weighted by atomic mass is 9.84. The standard InChI is InChI=1S/C20H16ClN3O3/c1-10-22-19(26)18-17(12-3-5-13(21)6-4-12)15-8-7-14(24-11(2)25)9-16(15)27-20(18)23-10/h3-9,17H,1-2H3,(H,24,25)(H,22,23,26). The van der Waals surface area contributed by atoms with Crippen LogP contribution in [0.5, 0.6) is 11.6 Å². The molecule has 1 aromatic heterocycles. The van der Waals surface area contributed by atoms with Gasteiger partial charge in [0.15, 0.2) is 0 Å². The van der Waals surface area contributed by atoms with Crippen molar-refractivity contribution < 1.29 is 9.53 Å². The lowest BCUT2D eigenvalue weighted by molar-refractivity contribution is -0.114. The van der Waals surface area contributed by atoms with Gasteiger partial charge in [0.1, 0.15) is 11.6 Å². The van der Waals surface area contributed by atoms with E-state index in [1.807, 2.05) is 18.2 Å². The summed E-state index contributed by atoms with van der Waals surface area (Å²) in [6.45, 7) is 3.14. The Hall–Kier alpha value is -3.12. The van der Waals surface area contributed by atoms with Crippen molar-refractivity contribution in [3.63, 3.8) is 0 Å². The van der Waals surface area contributed by atoms with Gasteiger partial charge < -0.3 is 15.0 Å². The van der Waals surface area contributed by atoms with Gasteiger partial charge >= 0.3 is 0 Å². The van der Waals surface area contributed by atoms with Crippen molar-refractivity contribution in [3.05, 3.63) is 80.4 Å². The van der Waals surface area contributed by atoms with Gasteiger partial charge in [0, 0.05) is 35.2 Å². The summed E-state index contributed by atoms with van der Waals surface area (Å²) in [6.07, 6.45) is 0. The Balaban J connectivity index is 1.93. The van der Waals surface area contributed by atoms with Gasteiger partial charge in [0.2, 0.25) is 11.8 Å². The van der Waals surface area contributed by atoms with Gasteiger partial charge in [-0.15, -0.1) is 0 Å². The molecular weight excluding hydrogens is 366 g/mol. The molecule has 0 bridgehead atoms. The number of nitrogens with zero attached hydrogens (tertiary/aromatic N) is 1. The van der Waals surface area contributed by atoms with Crippen molar-refractivity contribution in [1.29, 1.82) is 0 Å². The molecule has 0 spiro atoms. The number of anilines is 1. The maximum Gasteiger partial charge on any atom is 0.258 e. The van der Waals surface area contributed by atoms with Crippen LogP contribution >= 0.6 is 11.6 Å². The molecular formula is C20H16ClN3O3. The molecule has 0 aliphatic carbocycles. The number of H-pyrrole nitrogens is 1. The summed E-state index contributed by atoms with van der Waals surface area (Å²) in [7, 11) is 0. The molecule has 2 heterocycles. The van der Waals surface area contributed by atoms with Gasteiger partial charge in [-0.25, -0.2) is 0 Å². The molecule has 7 heteroatoms. The maximum atomic E-state index is 12.7. The van der Waals surface area contributed by atoms with E-state index in [9.17, 15) is 9.59 Å². The zero-order chi connectivity index (χ0) is 19.1. The minimum atomic E-state index is -0.357. The third kappa shape index (κ3) is 3.19. The number of nitrogens with one attached hydrogen (secondary N) is 2. The van der Waals surface area contributed by atoms with E-state index in [-0.39, 0.29) is 23.3 Å². The van der Waals surface area contributed by atoms with E-state index >= 15 is 0 Å². The van der Waals surface area contributed by atoms with E-state index in [4.69, 9.17) is 16.3 Å². The number of hydrogen-bond acceptors (Lipinski definition) is 4. The highest BCUT2D eigenvalue weighted by Crippen LogP contribution is 2.45. The van der Waals surface area contributed by atoms with E-state index in [0.717, 1.165) is 11.1 Å². The van der Waals surface area contributed by atoms with E-state index in [2.05, 4.69) is 15.3 Å². The van der Waals surface area contributed by atoms with Gasteiger partial charge in [-0.3, -0.25) is 9.59 Å². The van der Waals surface area contributed by atoms with Crippen LogP contribution in [0.2, 0.25) is 5.02 Å². The smallest absolute Gasteiger partial charge is 0.258 e. The first-order valence-electron chi connectivity index (χ1n) is 8.38. The molecule has 0 radical (unpaired) electrons. The number of rotatable bonds is 2. The normalized spacial score (nSPS) is 14.7. The van der Waals surface area contributed by atoms with Crippen molar-refractivity contribution >= 4 is 23.2 Å². The van der Waals surface area contributed by atoms with Crippen LogP contribution in [-0.4, -0.2) is 15.9 Å². The number of benzene rings is 2. The lowest BCUT2D eigenvalue weighted by Gasteiger charge is -2.27. The van der Waals surface area contributed by atoms with Crippen molar-refractivity contribution in [2.24, 2.45) is 0 Å². The first-order valence-corrected chi connectivity index (χ1v) is 8.76. The lowest BCUT2D eigenvalue weighted by Crippen LogP contribution is -2.24. The van der Waals surface area contributed by atoms with Crippen molar-refractivity contribution in [2.75, 3.05) is 5.32 Å². The zero-order valence-electron chi connectivity index (χ0n) is 14.7. The van der Waals surface area contributed by atoms with Gasteiger partial charge in [0.25, 0.3) is 5.56 Å². The molecule has 0 saturated carbocycles. The summed E-state index contributed by atoms with van der Waals surface area (Å²) in [5.74, 6) is 0.750. The molecule has 1 unspecified atom stereocenters. The highest BCUT2D eigenvalue weighted by atomic mass is 35.5. The molecule has 2 N–H and O–H groups in total. The van der Waals surface area contributed by atoms with E-state index in [1.54, 1.807) is 31.2 Å². The zero-order valence-corrected chi connectivity index (χ0v) is 15.4. The molecule has 6 nitrogen and oxygen atoms in total. The molecule has 136 valence electrons. The van der Waals surface area contributed by atoms with Crippen molar-refractivity contribution in [1.82, 2.24) is 9.97 Å². The summed E-state index contributed by atoms with van der Waals surface area (Å²) in [5, 5.41) is 3.35. The summed E-state index contributed by atoms with van der Waals surface area (Å²) in [5.41, 5.74) is 2.53. The summed E-state index contributed by atoms with van der Waals surface area (Å²) in [4.78, 5) is 31.2. The van der Waals surface area contributed by atoms with Gasteiger partial charge in [0.05, 0.1) is 5.56 Å². The number of halogens is 1. The minimum absolute atomic E-state index is 0.175. The number of fused-ring (bicyclic) bond motifs is 2. The van der Waals surface area contributed by atoms with Crippen LogP contribution in [0.15, 0.2) is 47.3 Å². The second-order valence-corrected chi connectivity index (χ2v) is 6.83. The Morgan fingerprint density at radius 2 is 1.96 bits per heavy atom. The second-order valence-electron chi connectivity index (χ2n) is 6.39. The average Bonchev–Trinajstić information content (AvgIpc) is 2.60. The molecule has 0 saturated heterocycles. The van der Waals surface area contributed by atoms with Crippen LogP contribution in [-0.2, 0) is 4.79 Å². The third-order valence-electron chi connectivity index (χ3n) is 4.38. The molecule has 1 aliphatic heterocycles. The van der Waals surface area contributed by atoms with Crippen LogP contribution in [0, 0.1) is 6.92 Å². The van der Waals surface area contributed by atoms with Crippen molar-refractivity contribution in [2.45, 2.75) is 19.8 Å². The number of carbonyl (C=O) groups is 1. The molecule has 27 heavy (non-hydrogen) atoms. The first-order chi connectivity index (χ1) is 12.9. The Morgan fingerprint density at radius 1 is 1.22 bits per heavy atom. The number of ether oxygens (including phenoxy) is 1. The number of aryl methyl sites for hydroxylation is 1. The molecule has 4 rings (SSSR count). The van der Waals surface area contributed by atoms with Crippen LogP contribution in [0.4, 0.5) is 5.69 Å². The second kappa shape index (κ2) is 6.55. The monoisotopic (exact) mass is 381 g/mol. The predicted octanol–water partition coefficient (Wildman–Crippen LogP) is 3.98. The topological polar surface area (TPSA) is 84.1 Å². The SMILES string of the molecule is CC(=O)Nc1ccc2c(c1)Oc1nc(C)[nH]c(=O)c1C2c1ccc(Cl)cc1. The summed E-state index contributed by atoms with van der Waals surface area (Å²) >= 11 is 6.03. The molecule has 1 atom stereocenters. The first kappa shape index (κ1) is 17.3. The number of aromatic nitrogens is 2. The predicted molar refractivity (Wildman–Crippen MR) is 103 cm³/mol. The average molecular weight is 382 g/mol. The molecule has 0 fully saturated rings. The third-order valence-corrected chi connectivity index (χ3v) is 4.63. The van der Waals surface area contributed by atoms with Crippen LogP contribution < -0.4 is 15.6 Å². The van der Waals surface area contributed by atoms with E-state index in [1.165, 1.54) is 6.92 Å². The Morgan fingerprint density at radius 3 is 2.67 bits per heavy atom. The number of carbonyl (C=O) groups excluding carboxylic acids is 1. The fourth-order valence-electron chi connectivity index (χ4n) is 3.30. The van der Waals surface area contributed by atoms with Gasteiger partial charge in [-0.05, 0) is 30.7 Å². The van der Waals surface area contributed by atoms with Gasteiger partial charge in [-0.1, -0.05) is 29.8 Å². The van der Waals surface area contributed by atoms with Crippen molar-refractivity contribution in [3.8, 4) is 11.6 Å². The Labute approximate surface area is 160 Å². The quantitative estimate of drug-likeness (QED) is 0.550. The van der Waals surface area contributed by atoms with Gasteiger partial charge in [-0.2, -0.15) is 4.98 Å². The van der Waals surface area contributed by atoms with E-state index in [0.29, 0.717) is 27.8 Å². The molecule has 3 aromatic rings. The molecule has 2 aromatic carbocycles. The Bertz CT molecular complexity index is 1110. The maximum absolute atomic E-state index is 12.7. The number of amides is 1. The highest BCUT2D eigenvalue weighted by Gasteiger charge is 2.33. The summed E-state index contributed by atoms with van der Waals surface area (Å²) < 4.78 is 5.93.